The van der Waals surface area contributed by atoms with Crippen molar-refractivity contribution in [3.63, 3.8) is 0 Å². The summed E-state index contributed by atoms with van der Waals surface area (Å²) < 4.78 is 0. The van der Waals surface area contributed by atoms with Gasteiger partial charge in [0.15, 0.2) is 0 Å². The van der Waals surface area contributed by atoms with Crippen LogP contribution >= 0.6 is 11.6 Å². The number of benzene rings is 2. The minimum Gasteiger partial charge on any atom is -0.309 e. The standard InChI is InChI=1S/C23H21ClN2/c1-4-16-8-9-20-21(12-16)26-14-23(20)19(10-11-25-22(23)15(2)3)17-6-5-7-18(24)13-17/h1,5-9,12-14,19,22,25H,2,10-11H2,3H3/t19-,22+,23-/m0/s1. The first-order chi connectivity index (χ1) is 12.6. The van der Waals surface area contributed by atoms with Crippen LogP contribution in [0.3, 0.4) is 0 Å². The Bertz CT molecular complexity index is 953. The van der Waals surface area contributed by atoms with E-state index in [2.05, 4.69) is 49.2 Å². The van der Waals surface area contributed by atoms with Gasteiger partial charge in [0.2, 0.25) is 0 Å². The third-order valence-electron chi connectivity index (χ3n) is 5.63. The van der Waals surface area contributed by atoms with Crippen molar-refractivity contribution in [1.82, 2.24) is 5.32 Å². The van der Waals surface area contributed by atoms with Crippen molar-refractivity contribution in [3.8, 4) is 12.3 Å². The predicted octanol–water partition coefficient (Wildman–Crippen LogP) is 5.00. The Morgan fingerprint density at radius 1 is 1.35 bits per heavy atom. The molecule has 1 N–H and O–H groups in total. The molecule has 3 atom stereocenters. The van der Waals surface area contributed by atoms with Gasteiger partial charge in [-0.25, -0.2) is 0 Å². The van der Waals surface area contributed by atoms with E-state index in [1.54, 1.807) is 0 Å². The SMILES string of the molecule is C#Cc1ccc2c(c1)N=C[C@@]21[C@@H](C(=C)C)NCC[C@H]1c1cccc(Cl)c1. The van der Waals surface area contributed by atoms with E-state index in [0.717, 1.165) is 34.8 Å². The first kappa shape index (κ1) is 17.1. The molecule has 2 aromatic carbocycles. The Kier molecular flexibility index (Phi) is 4.23. The highest BCUT2D eigenvalue weighted by Gasteiger charge is 2.51. The maximum absolute atomic E-state index is 6.31. The fourth-order valence-electron chi connectivity index (χ4n) is 4.58. The zero-order valence-electron chi connectivity index (χ0n) is 14.8. The molecule has 0 aliphatic carbocycles. The second-order valence-corrected chi connectivity index (χ2v) is 7.63. The zero-order valence-corrected chi connectivity index (χ0v) is 15.6. The number of nitrogens with zero attached hydrogens (tertiary/aromatic N) is 1. The Morgan fingerprint density at radius 2 is 2.19 bits per heavy atom. The average molecular weight is 361 g/mol. The summed E-state index contributed by atoms with van der Waals surface area (Å²) in [6.07, 6.45) is 8.69. The largest absolute Gasteiger partial charge is 0.309 e. The molecular weight excluding hydrogens is 340 g/mol. The molecule has 2 aromatic rings. The molecular formula is C23H21ClN2. The van der Waals surface area contributed by atoms with Gasteiger partial charge in [-0.15, -0.1) is 6.42 Å². The van der Waals surface area contributed by atoms with Crippen LogP contribution in [0.5, 0.6) is 0 Å². The van der Waals surface area contributed by atoms with Gasteiger partial charge in [-0.3, -0.25) is 4.99 Å². The molecule has 0 unspecified atom stereocenters. The zero-order chi connectivity index (χ0) is 18.3. The van der Waals surface area contributed by atoms with Crippen LogP contribution in [0.25, 0.3) is 0 Å². The van der Waals surface area contributed by atoms with Gasteiger partial charge in [-0.1, -0.05) is 47.9 Å². The number of aliphatic imine (C=N–C) groups is 1. The lowest BCUT2D eigenvalue weighted by molar-refractivity contribution is 0.294. The van der Waals surface area contributed by atoms with Crippen LogP contribution in [0.1, 0.15) is 36.0 Å². The fraction of sp³-hybridized carbons (Fsp3) is 0.261. The molecule has 0 radical (unpaired) electrons. The first-order valence-corrected chi connectivity index (χ1v) is 9.24. The van der Waals surface area contributed by atoms with Crippen LogP contribution in [0.15, 0.2) is 59.6 Å². The highest BCUT2D eigenvalue weighted by molar-refractivity contribution is 6.30. The van der Waals surface area contributed by atoms with E-state index < -0.39 is 0 Å². The smallest absolute Gasteiger partial charge is 0.0680 e. The molecule has 2 heterocycles. The van der Waals surface area contributed by atoms with E-state index >= 15 is 0 Å². The van der Waals surface area contributed by atoms with E-state index in [1.807, 2.05) is 24.3 Å². The fourth-order valence-corrected chi connectivity index (χ4v) is 4.78. The molecule has 4 rings (SSSR count). The predicted molar refractivity (Wildman–Crippen MR) is 110 cm³/mol. The summed E-state index contributed by atoms with van der Waals surface area (Å²) in [5, 5.41) is 4.44. The van der Waals surface area contributed by atoms with E-state index in [4.69, 9.17) is 23.0 Å². The third-order valence-corrected chi connectivity index (χ3v) is 5.86. The minimum absolute atomic E-state index is 0.113. The van der Waals surface area contributed by atoms with Gasteiger partial charge in [0.05, 0.1) is 11.1 Å². The van der Waals surface area contributed by atoms with Crippen molar-refractivity contribution in [1.29, 1.82) is 0 Å². The minimum atomic E-state index is -0.281. The summed E-state index contributed by atoms with van der Waals surface area (Å²) in [6, 6.07) is 14.5. The van der Waals surface area contributed by atoms with E-state index in [0.29, 0.717) is 0 Å². The van der Waals surface area contributed by atoms with E-state index in [-0.39, 0.29) is 17.4 Å². The van der Waals surface area contributed by atoms with Crippen LogP contribution in [0.4, 0.5) is 5.69 Å². The van der Waals surface area contributed by atoms with Crippen molar-refractivity contribution in [2.24, 2.45) is 4.99 Å². The Balaban J connectivity index is 1.93. The van der Waals surface area contributed by atoms with Crippen molar-refractivity contribution >= 4 is 23.5 Å². The van der Waals surface area contributed by atoms with Crippen LogP contribution in [-0.2, 0) is 5.41 Å². The molecule has 130 valence electrons. The van der Waals surface area contributed by atoms with Gasteiger partial charge >= 0.3 is 0 Å². The lowest BCUT2D eigenvalue weighted by Gasteiger charge is -2.47. The molecule has 0 saturated carbocycles. The second kappa shape index (κ2) is 6.43. The van der Waals surface area contributed by atoms with Crippen LogP contribution in [0, 0.1) is 12.3 Å². The second-order valence-electron chi connectivity index (χ2n) is 7.20. The van der Waals surface area contributed by atoms with Gasteiger partial charge in [0, 0.05) is 28.8 Å². The molecule has 1 saturated heterocycles. The first-order valence-electron chi connectivity index (χ1n) is 8.87. The topological polar surface area (TPSA) is 24.4 Å². The summed E-state index contributed by atoms with van der Waals surface area (Å²) in [5.41, 5.74) is 5.09. The number of piperidine rings is 1. The van der Waals surface area contributed by atoms with E-state index in [9.17, 15) is 0 Å². The van der Waals surface area contributed by atoms with Gasteiger partial charge < -0.3 is 5.32 Å². The van der Waals surface area contributed by atoms with Crippen molar-refractivity contribution in [3.05, 3.63) is 76.3 Å². The molecule has 0 bridgehead atoms. The van der Waals surface area contributed by atoms with Crippen LogP contribution in [-0.4, -0.2) is 18.8 Å². The Hall–Kier alpha value is -2.34. The summed E-state index contributed by atoms with van der Waals surface area (Å²) >= 11 is 6.31. The normalized spacial score (nSPS) is 26.5. The number of halogens is 1. The summed E-state index contributed by atoms with van der Waals surface area (Å²) in [7, 11) is 0. The molecule has 2 aliphatic heterocycles. The van der Waals surface area contributed by atoms with Gasteiger partial charge in [0.1, 0.15) is 0 Å². The number of hydrogen-bond donors (Lipinski definition) is 1. The number of terminal acetylenes is 1. The van der Waals surface area contributed by atoms with Crippen molar-refractivity contribution in [2.45, 2.75) is 30.7 Å². The van der Waals surface area contributed by atoms with Gasteiger partial charge in [0.25, 0.3) is 0 Å². The Morgan fingerprint density at radius 3 is 2.92 bits per heavy atom. The molecule has 0 amide bonds. The maximum atomic E-state index is 6.31. The molecule has 26 heavy (non-hydrogen) atoms. The highest BCUT2D eigenvalue weighted by atomic mass is 35.5. The van der Waals surface area contributed by atoms with Crippen LogP contribution in [0.2, 0.25) is 5.02 Å². The number of fused-ring (bicyclic) bond motifs is 2. The Labute approximate surface area is 160 Å². The molecule has 2 aliphatic rings. The lowest BCUT2D eigenvalue weighted by atomic mass is 9.60. The lowest BCUT2D eigenvalue weighted by Crippen LogP contribution is -2.57. The summed E-state index contributed by atoms with van der Waals surface area (Å²) in [5.74, 6) is 2.98. The van der Waals surface area contributed by atoms with Crippen molar-refractivity contribution in [2.75, 3.05) is 6.54 Å². The molecule has 2 nitrogen and oxygen atoms in total. The average Bonchev–Trinajstić information content (AvgIpc) is 3.00. The molecule has 1 fully saturated rings. The number of nitrogens with one attached hydrogen (secondary N) is 1. The monoisotopic (exact) mass is 360 g/mol. The van der Waals surface area contributed by atoms with Crippen molar-refractivity contribution < 1.29 is 0 Å². The number of hydrogen-bond acceptors (Lipinski definition) is 2. The van der Waals surface area contributed by atoms with Gasteiger partial charge in [-0.2, -0.15) is 0 Å². The summed E-state index contributed by atoms with van der Waals surface area (Å²) in [4.78, 5) is 4.78. The molecule has 1 spiro atoms. The van der Waals surface area contributed by atoms with Crippen LogP contribution < -0.4 is 5.32 Å². The summed E-state index contributed by atoms with van der Waals surface area (Å²) in [6.45, 7) is 7.28. The highest BCUT2D eigenvalue weighted by Crippen LogP contribution is 2.52. The maximum Gasteiger partial charge on any atom is 0.0680 e. The van der Waals surface area contributed by atoms with E-state index in [1.165, 1.54) is 11.1 Å². The van der Waals surface area contributed by atoms with Gasteiger partial charge in [-0.05, 0) is 55.3 Å². The quantitative estimate of drug-likeness (QED) is 0.591. The third kappa shape index (κ3) is 2.51. The molecule has 3 heteroatoms. The molecule has 0 aromatic heterocycles. The number of rotatable bonds is 2.